The molecule has 1 aromatic heterocycles. The van der Waals surface area contributed by atoms with Gasteiger partial charge < -0.3 is 5.32 Å². The highest BCUT2D eigenvalue weighted by atomic mass is 32.1. The van der Waals surface area contributed by atoms with E-state index in [2.05, 4.69) is 35.8 Å². The van der Waals surface area contributed by atoms with Gasteiger partial charge in [-0.2, -0.15) is 0 Å². The van der Waals surface area contributed by atoms with Gasteiger partial charge in [-0.05, 0) is 24.6 Å². The van der Waals surface area contributed by atoms with E-state index >= 15 is 0 Å². The van der Waals surface area contributed by atoms with Crippen molar-refractivity contribution in [3.05, 3.63) is 34.7 Å². The summed E-state index contributed by atoms with van der Waals surface area (Å²) in [5.74, 6) is 0. The molecule has 60 valence electrons. The minimum absolute atomic E-state index is 1.00. The van der Waals surface area contributed by atoms with Crippen LogP contribution in [0.5, 0.6) is 0 Å². The van der Waals surface area contributed by atoms with Gasteiger partial charge in [-0.1, -0.05) is 12.1 Å². The van der Waals surface area contributed by atoms with E-state index in [0.717, 1.165) is 13.0 Å². The highest BCUT2D eigenvalue weighted by Crippen LogP contribution is 2.08. The van der Waals surface area contributed by atoms with Crippen molar-refractivity contribution in [3.8, 4) is 0 Å². The summed E-state index contributed by atoms with van der Waals surface area (Å²) < 4.78 is 0. The predicted octanol–water partition coefficient (Wildman–Crippen LogP) is 2.41. The number of hydrogen-bond acceptors (Lipinski definition) is 2. The molecule has 1 N–H and O–H groups in total. The van der Waals surface area contributed by atoms with E-state index in [4.69, 9.17) is 0 Å². The van der Waals surface area contributed by atoms with E-state index in [-0.39, 0.29) is 0 Å². The van der Waals surface area contributed by atoms with Gasteiger partial charge in [-0.3, -0.25) is 0 Å². The fourth-order valence-electron chi connectivity index (χ4n) is 0.805. The van der Waals surface area contributed by atoms with E-state index in [1.54, 1.807) is 11.3 Å². The van der Waals surface area contributed by atoms with Crippen LogP contribution in [0.4, 0.5) is 0 Å². The normalized spacial score (nSPS) is 10.6. The molecule has 0 aromatic carbocycles. The molecule has 1 nitrogen and oxygen atoms in total. The summed E-state index contributed by atoms with van der Waals surface area (Å²) in [6, 6.07) is 4.24. The Morgan fingerprint density at radius 3 is 3.18 bits per heavy atom. The molecular formula is C9H13NS. The average molecular weight is 167 g/mol. The maximum Gasteiger partial charge on any atom is 0.0112 e. The second-order valence-electron chi connectivity index (χ2n) is 2.24. The lowest BCUT2D eigenvalue weighted by Gasteiger charge is -1.90. The lowest BCUT2D eigenvalue weighted by atomic mass is 10.3. The van der Waals surface area contributed by atoms with Crippen molar-refractivity contribution >= 4 is 11.3 Å². The van der Waals surface area contributed by atoms with E-state index in [1.807, 2.05) is 6.20 Å². The summed E-state index contributed by atoms with van der Waals surface area (Å²) in [5, 5.41) is 5.24. The Balaban J connectivity index is 2.23. The number of rotatable bonds is 4. The van der Waals surface area contributed by atoms with Crippen molar-refractivity contribution in [1.29, 1.82) is 0 Å². The number of hydrogen-bond donors (Lipinski definition) is 1. The van der Waals surface area contributed by atoms with Crippen molar-refractivity contribution in [2.45, 2.75) is 13.3 Å². The van der Waals surface area contributed by atoms with Crippen molar-refractivity contribution < 1.29 is 0 Å². The third-order valence-electron chi connectivity index (χ3n) is 1.34. The minimum atomic E-state index is 1.00. The van der Waals surface area contributed by atoms with Crippen molar-refractivity contribution in [3.63, 3.8) is 0 Å². The van der Waals surface area contributed by atoms with Crippen LogP contribution in [-0.2, 0) is 6.42 Å². The summed E-state index contributed by atoms with van der Waals surface area (Å²) in [5.41, 5.74) is 0. The number of allylic oxidation sites excluding steroid dienone is 1. The second-order valence-corrected chi connectivity index (χ2v) is 3.28. The fourth-order valence-corrected chi connectivity index (χ4v) is 1.49. The maximum absolute atomic E-state index is 3.13. The van der Waals surface area contributed by atoms with Crippen LogP contribution in [0.25, 0.3) is 0 Å². The third-order valence-corrected chi connectivity index (χ3v) is 2.24. The maximum atomic E-state index is 3.13. The van der Waals surface area contributed by atoms with Crippen LogP contribution in [0, 0.1) is 0 Å². The Hall–Kier alpha value is -0.760. The summed E-state index contributed by atoms with van der Waals surface area (Å²) in [6.07, 6.45) is 5.21. The van der Waals surface area contributed by atoms with Crippen LogP contribution in [0.2, 0.25) is 0 Å². The third kappa shape index (κ3) is 3.23. The van der Waals surface area contributed by atoms with Gasteiger partial charge in [0.1, 0.15) is 0 Å². The first-order valence-corrected chi connectivity index (χ1v) is 4.72. The van der Waals surface area contributed by atoms with Gasteiger partial charge in [0.2, 0.25) is 0 Å². The molecule has 0 unspecified atom stereocenters. The number of thiophene rings is 1. The van der Waals surface area contributed by atoms with Crippen LogP contribution >= 0.6 is 11.3 Å². The molecular weight excluding hydrogens is 154 g/mol. The molecule has 0 saturated carbocycles. The zero-order valence-corrected chi connectivity index (χ0v) is 7.53. The number of nitrogens with one attached hydrogen (secondary N) is 1. The average Bonchev–Trinajstić information content (AvgIpc) is 2.50. The Kier molecular flexibility index (Phi) is 3.76. The quantitative estimate of drug-likeness (QED) is 0.726. The molecule has 0 aliphatic rings. The standard InChI is InChI=1S/C9H13NS/c1-2-10-7-3-5-9-6-4-8-11-9/h3-4,6-8,10H,2,5H2,1H3. The first-order valence-electron chi connectivity index (χ1n) is 3.84. The van der Waals surface area contributed by atoms with E-state index in [1.165, 1.54) is 4.88 Å². The molecule has 0 atom stereocenters. The molecule has 2 heteroatoms. The lowest BCUT2D eigenvalue weighted by Crippen LogP contribution is -2.01. The fraction of sp³-hybridized carbons (Fsp3) is 0.333. The molecule has 0 bridgehead atoms. The molecule has 0 saturated heterocycles. The Bertz CT molecular complexity index is 201. The molecule has 1 aromatic rings. The second kappa shape index (κ2) is 4.97. The topological polar surface area (TPSA) is 12.0 Å². The van der Waals surface area contributed by atoms with Gasteiger partial charge >= 0.3 is 0 Å². The summed E-state index contributed by atoms with van der Waals surface area (Å²) in [6.45, 7) is 3.09. The molecule has 11 heavy (non-hydrogen) atoms. The van der Waals surface area contributed by atoms with Crippen molar-refractivity contribution in [1.82, 2.24) is 5.32 Å². The lowest BCUT2D eigenvalue weighted by molar-refractivity contribution is 0.914. The molecule has 0 fully saturated rings. The van der Waals surface area contributed by atoms with Gasteiger partial charge in [0.25, 0.3) is 0 Å². The van der Waals surface area contributed by atoms with E-state index < -0.39 is 0 Å². The molecule has 0 aliphatic carbocycles. The smallest absolute Gasteiger partial charge is 0.0112 e. The Morgan fingerprint density at radius 1 is 1.64 bits per heavy atom. The summed E-state index contributed by atoms with van der Waals surface area (Å²) in [7, 11) is 0. The van der Waals surface area contributed by atoms with Gasteiger partial charge in [0.15, 0.2) is 0 Å². The van der Waals surface area contributed by atoms with Crippen LogP contribution < -0.4 is 5.32 Å². The molecule has 1 rings (SSSR count). The largest absolute Gasteiger partial charge is 0.391 e. The van der Waals surface area contributed by atoms with Gasteiger partial charge in [0.05, 0.1) is 0 Å². The Morgan fingerprint density at radius 2 is 2.55 bits per heavy atom. The van der Waals surface area contributed by atoms with Crippen LogP contribution in [0.3, 0.4) is 0 Å². The molecule has 0 radical (unpaired) electrons. The molecule has 0 spiro atoms. The van der Waals surface area contributed by atoms with Gasteiger partial charge in [0, 0.05) is 17.8 Å². The SMILES string of the molecule is CCNC=CCc1cccs1. The van der Waals surface area contributed by atoms with Gasteiger partial charge in [-0.15, -0.1) is 11.3 Å². The Labute approximate surface area is 71.8 Å². The zero-order valence-electron chi connectivity index (χ0n) is 6.71. The summed E-state index contributed by atoms with van der Waals surface area (Å²) in [4.78, 5) is 1.42. The van der Waals surface area contributed by atoms with E-state index in [9.17, 15) is 0 Å². The predicted molar refractivity (Wildman–Crippen MR) is 50.8 cm³/mol. The monoisotopic (exact) mass is 167 g/mol. The van der Waals surface area contributed by atoms with E-state index in [0.29, 0.717) is 0 Å². The summed E-state index contributed by atoms with van der Waals surface area (Å²) >= 11 is 1.80. The van der Waals surface area contributed by atoms with Crippen molar-refractivity contribution in [2.75, 3.05) is 6.54 Å². The van der Waals surface area contributed by atoms with Crippen LogP contribution in [0.15, 0.2) is 29.8 Å². The molecule has 1 heterocycles. The molecule has 0 aliphatic heterocycles. The highest BCUT2D eigenvalue weighted by Gasteiger charge is 1.86. The van der Waals surface area contributed by atoms with Crippen LogP contribution in [-0.4, -0.2) is 6.54 Å². The zero-order chi connectivity index (χ0) is 7.94. The molecule has 0 amide bonds. The highest BCUT2D eigenvalue weighted by molar-refractivity contribution is 7.09. The first-order chi connectivity index (χ1) is 5.43. The first kappa shape index (κ1) is 8.34. The van der Waals surface area contributed by atoms with Gasteiger partial charge in [-0.25, -0.2) is 0 Å². The minimum Gasteiger partial charge on any atom is -0.391 e. The van der Waals surface area contributed by atoms with Crippen LogP contribution in [0.1, 0.15) is 11.8 Å². The van der Waals surface area contributed by atoms with Crippen molar-refractivity contribution in [2.24, 2.45) is 0 Å².